The molecule has 5 nitrogen and oxygen atoms in total. The maximum Gasteiger partial charge on any atom is 0.206 e. The number of hydrogen-bond donors (Lipinski definition) is 1. The number of benzene rings is 1. The third kappa shape index (κ3) is 5.69. The Morgan fingerprint density at radius 3 is 3.16 bits per heavy atom. The van der Waals surface area contributed by atoms with Crippen molar-refractivity contribution in [2.45, 2.75) is 17.0 Å². The van der Waals surface area contributed by atoms with E-state index in [-0.39, 0.29) is 6.10 Å². The number of aromatic nitrogens is 2. The average molecular weight is 397 g/mol. The number of thioether (sulfide) groups is 1. The first-order valence-electron chi connectivity index (χ1n) is 8.13. The molecule has 3 rings (SSSR count). The van der Waals surface area contributed by atoms with Gasteiger partial charge in [0, 0.05) is 37.0 Å². The maximum absolute atomic E-state index is 6.27. The Kier molecular flexibility index (Phi) is 7.12. The molecule has 8 heteroatoms. The number of hydrogen-bond acceptors (Lipinski definition) is 7. The van der Waals surface area contributed by atoms with E-state index in [0.717, 1.165) is 46.5 Å². The van der Waals surface area contributed by atoms with Gasteiger partial charge >= 0.3 is 0 Å². The van der Waals surface area contributed by atoms with Crippen LogP contribution >= 0.6 is 34.7 Å². The van der Waals surface area contributed by atoms with Crippen molar-refractivity contribution < 1.29 is 4.74 Å². The molecule has 134 valence electrons. The molecule has 1 fully saturated rings. The summed E-state index contributed by atoms with van der Waals surface area (Å²) in [7, 11) is 0. The van der Waals surface area contributed by atoms with E-state index < -0.39 is 0 Å². The minimum absolute atomic E-state index is 0.190. The van der Waals surface area contributed by atoms with Crippen LogP contribution in [0.1, 0.15) is 5.56 Å². The van der Waals surface area contributed by atoms with Gasteiger partial charge in [0.1, 0.15) is 0 Å². The van der Waals surface area contributed by atoms with Gasteiger partial charge in [-0.3, -0.25) is 4.90 Å². The number of ether oxygens (including phenoxy) is 1. The van der Waals surface area contributed by atoms with Crippen LogP contribution in [-0.4, -0.2) is 53.2 Å². The number of nitrogens with zero attached hydrogens (tertiary/aromatic N) is 3. The lowest BCUT2D eigenvalue weighted by Crippen LogP contribution is -2.43. The summed E-state index contributed by atoms with van der Waals surface area (Å²) in [6, 6.07) is 8.02. The van der Waals surface area contributed by atoms with E-state index in [2.05, 4.69) is 33.1 Å². The quantitative estimate of drug-likeness (QED) is 0.541. The van der Waals surface area contributed by atoms with E-state index >= 15 is 0 Å². The molecule has 1 aromatic carbocycles. The summed E-state index contributed by atoms with van der Waals surface area (Å²) in [4.78, 5) is 2.40. The van der Waals surface area contributed by atoms with Gasteiger partial charge in [-0.05, 0) is 11.6 Å². The van der Waals surface area contributed by atoms with Crippen LogP contribution in [0.3, 0.4) is 0 Å². The van der Waals surface area contributed by atoms with Crippen LogP contribution in [0.15, 0.2) is 41.3 Å². The predicted octanol–water partition coefficient (Wildman–Crippen LogP) is 3.78. The Bertz CT molecular complexity index is 697. The molecule has 0 radical (unpaired) electrons. The minimum Gasteiger partial charge on any atom is -0.375 e. The lowest BCUT2D eigenvalue weighted by atomic mass is 10.2. The largest absolute Gasteiger partial charge is 0.375 e. The minimum atomic E-state index is 0.190. The molecule has 1 N–H and O–H groups in total. The molecular formula is C17H21ClN4OS2. The first-order chi connectivity index (χ1) is 12.2. The Morgan fingerprint density at radius 2 is 2.32 bits per heavy atom. The standard InChI is InChI=1S/C17H21ClN4OS2/c1-2-7-19-16-20-21-17(25-16)24-12-14-11-22(8-9-23-14)10-13-5-3-4-6-15(13)18/h2-6,14H,1,7-12H2,(H,19,20)/t14-/m0/s1. The molecule has 1 aromatic heterocycles. The molecule has 0 unspecified atom stereocenters. The molecule has 0 amide bonds. The Morgan fingerprint density at radius 1 is 1.44 bits per heavy atom. The smallest absolute Gasteiger partial charge is 0.206 e. The highest BCUT2D eigenvalue weighted by Gasteiger charge is 2.22. The number of halogens is 1. The van der Waals surface area contributed by atoms with Gasteiger partial charge in [-0.1, -0.05) is 59.0 Å². The number of nitrogens with one attached hydrogen (secondary N) is 1. The zero-order valence-corrected chi connectivity index (χ0v) is 16.2. The molecule has 0 saturated carbocycles. The van der Waals surface area contributed by atoms with E-state index in [1.807, 2.05) is 18.2 Å². The Labute approximate surface area is 161 Å². The lowest BCUT2D eigenvalue weighted by Gasteiger charge is -2.32. The number of rotatable bonds is 8. The molecule has 1 atom stereocenters. The highest BCUT2D eigenvalue weighted by molar-refractivity contribution is 8.01. The zero-order chi connectivity index (χ0) is 17.5. The second kappa shape index (κ2) is 9.54. The van der Waals surface area contributed by atoms with Gasteiger partial charge in [0.25, 0.3) is 0 Å². The Balaban J connectivity index is 1.47. The van der Waals surface area contributed by atoms with E-state index in [4.69, 9.17) is 16.3 Å². The predicted molar refractivity (Wildman–Crippen MR) is 106 cm³/mol. The molecule has 0 bridgehead atoms. The number of morpholine rings is 1. The fourth-order valence-electron chi connectivity index (χ4n) is 2.56. The lowest BCUT2D eigenvalue weighted by molar-refractivity contribution is -0.0187. The monoisotopic (exact) mass is 396 g/mol. The van der Waals surface area contributed by atoms with Gasteiger partial charge in [0.15, 0.2) is 4.34 Å². The summed E-state index contributed by atoms with van der Waals surface area (Å²) in [5.41, 5.74) is 1.17. The van der Waals surface area contributed by atoms with Gasteiger partial charge < -0.3 is 10.1 Å². The van der Waals surface area contributed by atoms with Crippen molar-refractivity contribution in [3.63, 3.8) is 0 Å². The third-order valence-electron chi connectivity index (χ3n) is 3.77. The van der Waals surface area contributed by atoms with E-state index in [9.17, 15) is 0 Å². The van der Waals surface area contributed by atoms with Gasteiger partial charge in [-0.2, -0.15) is 0 Å². The Hall–Kier alpha value is -1.12. The van der Waals surface area contributed by atoms with Crippen LogP contribution in [0.5, 0.6) is 0 Å². The fourth-order valence-corrected chi connectivity index (χ4v) is 4.54. The SMILES string of the molecule is C=CCNc1nnc(SC[C@@H]2CN(Cc3ccccc3Cl)CCO2)s1. The van der Waals surface area contributed by atoms with Gasteiger partial charge in [-0.15, -0.1) is 16.8 Å². The highest BCUT2D eigenvalue weighted by Crippen LogP contribution is 2.27. The summed E-state index contributed by atoms with van der Waals surface area (Å²) >= 11 is 9.53. The third-order valence-corrected chi connectivity index (χ3v) is 6.29. The first kappa shape index (κ1) is 18.7. The van der Waals surface area contributed by atoms with Crippen LogP contribution in [-0.2, 0) is 11.3 Å². The molecule has 0 spiro atoms. The summed E-state index contributed by atoms with van der Waals surface area (Å²) in [6.07, 6.45) is 1.99. The van der Waals surface area contributed by atoms with Gasteiger partial charge in [0.2, 0.25) is 5.13 Å². The van der Waals surface area contributed by atoms with E-state index in [0.29, 0.717) is 6.54 Å². The highest BCUT2D eigenvalue weighted by atomic mass is 35.5. The summed E-state index contributed by atoms with van der Waals surface area (Å²) in [5, 5.41) is 13.1. The maximum atomic E-state index is 6.27. The molecule has 1 aliphatic heterocycles. The van der Waals surface area contributed by atoms with Crippen molar-refractivity contribution >= 4 is 39.8 Å². The molecular weight excluding hydrogens is 376 g/mol. The van der Waals surface area contributed by atoms with Crippen LogP contribution < -0.4 is 5.32 Å². The van der Waals surface area contributed by atoms with Crippen LogP contribution in [0.2, 0.25) is 5.02 Å². The van der Waals surface area contributed by atoms with E-state index in [1.54, 1.807) is 29.2 Å². The van der Waals surface area contributed by atoms with Crippen molar-refractivity contribution in [1.82, 2.24) is 15.1 Å². The van der Waals surface area contributed by atoms with Crippen LogP contribution in [0, 0.1) is 0 Å². The van der Waals surface area contributed by atoms with Crippen molar-refractivity contribution in [1.29, 1.82) is 0 Å². The second-order valence-corrected chi connectivity index (χ2v) is 8.32. The summed E-state index contributed by atoms with van der Waals surface area (Å²) in [6.45, 7) is 7.82. The summed E-state index contributed by atoms with van der Waals surface area (Å²) < 4.78 is 6.86. The van der Waals surface area contributed by atoms with E-state index in [1.165, 1.54) is 5.56 Å². The van der Waals surface area contributed by atoms with Crippen molar-refractivity contribution in [3.05, 3.63) is 47.5 Å². The molecule has 1 aliphatic rings. The fraction of sp³-hybridized carbons (Fsp3) is 0.412. The van der Waals surface area contributed by atoms with Crippen molar-refractivity contribution in [3.8, 4) is 0 Å². The molecule has 2 aromatic rings. The molecule has 2 heterocycles. The van der Waals surface area contributed by atoms with Crippen LogP contribution in [0.25, 0.3) is 0 Å². The number of anilines is 1. The average Bonchev–Trinajstić information content (AvgIpc) is 3.08. The van der Waals surface area contributed by atoms with Crippen LogP contribution in [0.4, 0.5) is 5.13 Å². The second-order valence-electron chi connectivity index (χ2n) is 5.67. The van der Waals surface area contributed by atoms with Crippen molar-refractivity contribution in [2.24, 2.45) is 0 Å². The topological polar surface area (TPSA) is 50.3 Å². The zero-order valence-electron chi connectivity index (χ0n) is 13.9. The summed E-state index contributed by atoms with van der Waals surface area (Å²) in [5.74, 6) is 0.870. The first-order valence-corrected chi connectivity index (χ1v) is 10.3. The van der Waals surface area contributed by atoms with Crippen molar-refractivity contribution in [2.75, 3.05) is 37.3 Å². The van der Waals surface area contributed by atoms with Gasteiger partial charge in [0.05, 0.1) is 12.7 Å². The molecule has 1 saturated heterocycles. The molecule has 0 aliphatic carbocycles. The van der Waals surface area contributed by atoms with Gasteiger partial charge in [-0.25, -0.2) is 0 Å². The molecule has 25 heavy (non-hydrogen) atoms. The normalized spacial score (nSPS) is 18.2.